The van der Waals surface area contributed by atoms with Gasteiger partial charge in [-0.3, -0.25) is 9.89 Å². The molecule has 1 aromatic heterocycles. The highest BCUT2D eigenvalue weighted by Gasteiger charge is 2.27. The fourth-order valence-corrected chi connectivity index (χ4v) is 3.76. The monoisotopic (exact) mass is 396 g/mol. The minimum atomic E-state index is -0.287. The average molecular weight is 397 g/mol. The van der Waals surface area contributed by atoms with E-state index in [4.69, 9.17) is 16.3 Å². The number of ether oxygens (including phenoxy) is 1. The number of carbonyl (C=O) groups excluding carboxylic acids is 1. The Labute approximate surface area is 163 Å². The topological polar surface area (TPSA) is 71.1 Å². The number of aromatic nitrogens is 3. The number of nitrogens with one attached hydrogen (secondary N) is 1. The lowest BCUT2D eigenvalue weighted by Gasteiger charge is -2.32. The van der Waals surface area contributed by atoms with Gasteiger partial charge in [0, 0.05) is 17.1 Å². The molecular weight excluding hydrogens is 372 g/mol. The molecule has 8 heteroatoms. The maximum Gasteiger partial charge on any atom is 0.236 e. The van der Waals surface area contributed by atoms with E-state index in [1.54, 1.807) is 25.3 Å². The van der Waals surface area contributed by atoms with Crippen molar-refractivity contribution in [3.8, 4) is 17.1 Å². The van der Waals surface area contributed by atoms with Crippen LogP contribution in [0.25, 0.3) is 11.4 Å². The number of hydrogen-bond donors (Lipinski definition) is 1. The van der Waals surface area contributed by atoms with Gasteiger partial charge in [-0.1, -0.05) is 23.4 Å². The van der Waals surface area contributed by atoms with E-state index in [1.165, 1.54) is 11.8 Å². The maximum atomic E-state index is 12.8. The Hall–Kier alpha value is -1.73. The number of H-pyrrole nitrogens is 1. The van der Waals surface area contributed by atoms with Crippen molar-refractivity contribution in [2.24, 2.45) is 0 Å². The lowest BCUT2D eigenvalue weighted by Crippen LogP contribution is -2.45. The molecule has 0 saturated heterocycles. The van der Waals surface area contributed by atoms with E-state index in [2.05, 4.69) is 15.2 Å². The largest absolute Gasteiger partial charge is 0.496 e. The zero-order valence-electron chi connectivity index (χ0n) is 15.9. The molecule has 0 saturated carbocycles. The number of methoxy groups -OCH3 is 1. The standard InChI is InChI=1S/C18H25ClN4O2S/c1-10(2)23(11(3)4)17(24)12(5)26-18-20-16(21-22-18)14-9-13(19)7-8-15(14)25-6/h7-12H,1-6H3,(H,20,21,22). The van der Waals surface area contributed by atoms with Crippen LogP contribution in [-0.2, 0) is 4.79 Å². The first-order valence-corrected chi connectivity index (χ1v) is 9.75. The van der Waals surface area contributed by atoms with Crippen LogP contribution >= 0.6 is 23.4 Å². The molecule has 1 unspecified atom stereocenters. The molecule has 1 amide bonds. The predicted molar refractivity (Wildman–Crippen MR) is 106 cm³/mol. The summed E-state index contributed by atoms with van der Waals surface area (Å²) in [7, 11) is 1.59. The molecule has 1 atom stereocenters. The third-order valence-corrected chi connectivity index (χ3v) is 5.06. The van der Waals surface area contributed by atoms with Crippen LogP contribution in [0.3, 0.4) is 0 Å². The first kappa shape index (κ1) is 20.6. The third kappa shape index (κ3) is 4.71. The number of benzene rings is 1. The lowest BCUT2D eigenvalue weighted by molar-refractivity contribution is -0.133. The van der Waals surface area contributed by atoms with Gasteiger partial charge >= 0.3 is 0 Å². The van der Waals surface area contributed by atoms with Crippen molar-refractivity contribution in [1.29, 1.82) is 0 Å². The van der Waals surface area contributed by atoms with E-state index in [-0.39, 0.29) is 23.2 Å². The quantitative estimate of drug-likeness (QED) is 0.708. The van der Waals surface area contributed by atoms with Crippen molar-refractivity contribution in [2.45, 2.75) is 57.1 Å². The summed E-state index contributed by atoms with van der Waals surface area (Å²) in [5.74, 6) is 1.28. The zero-order chi connectivity index (χ0) is 19.4. The van der Waals surface area contributed by atoms with Gasteiger partial charge in [-0.25, -0.2) is 4.98 Å². The van der Waals surface area contributed by atoms with Gasteiger partial charge in [0.05, 0.1) is 17.9 Å². The van der Waals surface area contributed by atoms with Crippen LogP contribution in [0.2, 0.25) is 5.02 Å². The molecule has 1 heterocycles. The second-order valence-electron chi connectivity index (χ2n) is 6.50. The average Bonchev–Trinajstić information content (AvgIpc) is 3.02. The van der Waals surface area contributed by atoms with E-state index < -0.39 is 0 Å². The maximum absolute atomic E-state index is 12.8. The molecule has 2 rings (SSSR count). The van der Waals surface area contributed by atoms with Gasteiger partial charge in [-0.2, -0.15) is 0 Å². The second kappa shape index (κ2) is 8.77. The predicted octanol–water partition coefficient (Wildman–Crippen LogP) is 4.26. The molecule has 0 aliphatic rings. The third-order valence-electron chi connectivity index (χ3n) is 3.88. The van der Waals surface area contributed by atoms with Crippen LogP contribution in [0.4, 0.5) is 0 Å². The van der Waals surface area contributed by atoms with Crippen LogP contribution in [0.15, 0.2) is 23.4 Å². The number of rotatable bonds is 7. The van der Waals surface area contributed by atoms with Crippen LogP contribution in [0.1, 0.15) is 34.6 Å². The Balaban J connectivity index is 2.18. The van der Waals surface area contributed by atoms with E-state index in [0.29, 0.717) is 21.8 Å². The highest BCUT2D eigenvalue weighted by Crippen LogP contribution is 2.32. The number of aromatic amines is 1. The van der Waals surface area contributed by atoms with Crippen LogP contribution < -0.4 is 4.74 Å². The summed E-state index contributed by atoms with van der Waals surface area (Å²) in [6, 6.07) is 5.59. The molecule has 0 bridgehead atoms. The summed E-state index contributed by atoms with van der Waals surface area (Å²) in [6.07, 6.45) is 0. The molecule has 2 aromatic rings. The summed E-state index contributed by atoms with van der Waals surface area (Å²) in [4.78, 5) is 19.1. The molecule has 0 spiro atoms. The highest BCUT2D eigenvalue weighted by atomic mass is 35.5. The van der Waals surface area contributed by atoms with Gasteiger partial charge in [-0.05, 0) is 52.8 Å². The SMILES string of the molecule is COc1ccc(Cl)cc1-c1nc(SC(C)C(=O)N(C(C)C)C(C)C)n[nH]1. The van der Waals surface area contributed by atoms with Gasteiger partial charge in [0.15, 0.2) is 5.82 Å². The van der Waals surface area contributed by atoms with Crippen molar-refractivity contribution in [3.05, 3.63) is 23.2 Å². The number of hydrogen-bond acceptors (Lipinski definition) is 5. The summed E-state index contributed by atoms with van der Waals surface area (Å²) >= 11 is 7.41. The molecule has 1 N–H and O–H groups in total. The Morgan fingerprint density at radius 2 is 1.88 bits per heavy atom. The Morgan fingerprint density at radius 1 is 1.23 bits per heavy atom. The molecule has 0 aliphatic heterocycles. The molecular formula is C18H25ClN4O2S. The molecule has 6 nitrogen and oxygen atoms in total. The van der Waals surface area contributed by atoms with E-state index in [9.17, 15) is 4.79 Å². The first-order chi connectivity index (χ1) is 12.2. The van der Waals surface area contributed by atoms with Crippen molar-refractivity contribution in [1.82, 2.24) is 20.1 Å². The molecule has 1 aromatic carbocycles. The number of amides is 1. The Morgan fingerprint density at radius 3 is 2.46 bits per heavy atom. The van der Waals surface area contributed by atoms with Gasteiger partial charge in [-0.15, -0.1) is 5.10 Å². The van der Waals surface area contributed by atoms with E-state index in [1.807, 2.05) is 39.5 Å². The summed E-state index contributed by atoms with van der Waals surface area (Å²) in [6.45, 7) is 9.95. The number of thioether (sulfide) groups is 1. The number of halogens is 1. The van der Waals surface area contributed by atoms with Gasteiger partial charge in [0.2, 0.25) is 11.1 Å². The number of carbonyl (C=O) groups is 1. The van der Waals surface area contributed by atoms with Crippen LogP contribution in [0.5, 0.6) is 5.75 Å². The summed E-state index contributed by atoms with van der Waals surface area (Å²) in [5, 5.41) is 7.93. The fourth-order valence-electron chi connectivity index (χ4n) is 2.81. The first-order valence-electron chi connectivity index (χ1n) is 8.49. The van der Waals surface area contributed by atoms with E-state index in [0.717, 1.165) is 5.56 Å². The molecule has 26 heavy (non-hydrogen) atoms. The normalized spacial score (nSPS) is 12.5. The van der Waals surface area contributed by atoms with Gasteiger partial charge < -0.3 is 9.64 Å². The zero-order valence-corrected chi connectivity index (χ0v) is 17.5. The Kier molecular flexibility index (Phi) is 6.94. The number of nitrogens with zero attached hydrogens (tertiary/aromatic N) is 3. The minimum Gasteiger partial charge on any atom is -0.496 e. The van der Waals surface area contributed by atoms with Gasteiger partial charge in [0.25, 0.3) is 0 Å². The molecule has 142 valence electrons. The lowest BCUT2D eigenvalue weighted by atomic mass is 10.2. The second-order valence-corrected chi connectivity index (χ2v) is 8.25. The summed E-state index contributed by atoms with van der Waals surface area (Å²) < 4.78 is 5.35. The Bertz CT molecular complexity index is 755. The van der Waals surface area contributed by atoms with E-state index >= 15 is 0 Å². The van der Waals surface area contributed by atoms with Gasteiger partial charge in [0.1, 0.15) is 5.75 Å². The minimum absolute atomic E-state index is 0.0756. The van der Waals surface area contributed by atoms with Crippen molar-refractivity contribution < 1.29 is 9.53 Å². The van der Waals surface area contributed by atoms with Crippen molar-refractivity contribution in [3.63, 3.8) is 0 Å². The van der Waals surface area contributed by atoms with Crippen molar-refractivity contribution >= 4 is 29.3 Å². The smallest absolute Gasteiger partial charge is 0.236 e. The highest BCUT2D eigenvalue weighted by molar-refractivity contribution is 8.00. The molecule has 0 radical (unpaired) electrons. The van der Waals surface area contributed by atoms with Crippen LogP contribution in [0, 0.1) is 0 Å². The molecule has 0 aliphatic carbocycles. The summed E-state index contributed by atoms with van der Waals surface area (Å²) in [5.41, 5.74) is 0.726. The fraction of sp³-hybridized carbons (Fsp3) is 0.500. The molecule has 0 fully saturated rings. The van der Waals surface area contributed by atoms with Crippen LogP contribution in [-0.4, -0.2) is 50.4 Å². The van der Waals surface area contributed by atoms with Crippen molar-refractivity contribution in [2.75, 3.05) is 7.11 Å².